The minimum Gasteiger partial charge on any atom is -0.320 e. The maximum absolute atomic E-state index is 5.62. The van der Waals surface area contributed by atoms with Crippen LogP contribution in [0.15, 0.2) is 204 Å². The number of amidine groups is 2. The van der Waals surface area contributed by atoms with Gasteiger partial charge in [0.05, 0.1) is 13.6 Å². The number of aliphatic imine (C=N–C) groups is 2. The Morgan fingerprint density at radius 3 is 1.45 bits per heavy atom. The first-order valence-corrected chi connectivity index (χ1v) is 26.7. The van der Waals surface area contributed by atoms with E-state index in [4.69, 9.17) is 9.98 Å². The first kappa shape index (κ1) is 40.9. The van der Waals surface area contributed by atoms with Crippen LogP contribution in [0.25, 0.3) is 55.6 Å². The summed E-state index contributed by atoms with van der Waals surface area (Å²) in [6, 6.07) is 71.4. The van der Waals surface area contributed by atoms with E-state index in [1.54, 1.807) is 0 Å². The van der Waals surface area contributed by atoms with Crippen molar-refractivity contribution in [2.75, 3.05) is 0 Å². The third-order valence-electron chi connectivity index (χ3n) is 14.4. The smallest absolute Gasteiger partial charge is 0.159 e. The number of hydrogen-bond donors (Lipinski definition) is 0. The van der Waals surface area contributed by atoms with Crippen molar-refractivity contribution in [2.45, 2.75) is 70.4 Å². The summed E-state index contributed by atoms with van der Waals surface area (Å²) in [7, 11) is -1.47. The van der Waals surface area contributed by atoms with E-state index in [0.29, 0.717) is 0 Å². The molecule has 3 nitrogen and oxygen atoms in total. The highest BCUT2D eigenvalue weighted by molar-refractivity contribution is 6.88. The standard InChI is InChI=1S/C61H55N3Si/c1-60(2)34-35-61(3)56-54(28-15-29-55(56)60)59-63-57(42-30-32-53(33-31-42)65(4,5)6)62-58(64(59)61)52-27-14-26-51(40-52)50-25-13-24-49(39-50)48-23-12-22-47(38-48)46-21-11-20-45(37-46)44-19-10-18-43(36-44)41-16-8-7-9-17-41/h7-33,36-40,58H,34-35H2,1-6H3. The lowest BCUT2D eigenvalue weighted by molar-refractivity contribution is 0.117. The number of nitrogens with zero attached hydrogens (tertiary/aromatic N) is 3. The van der Waals surface area contributed by atoms with Gasteiger partial charge in [0, 0.05) is 11.1 Å². The molecule has 3 aliphatic rings. The predicted molar refractivity (Wildman–Crippen MR) is 277 cm³/mol. The van der Waals surface area contributed by atoms with Crippen LogP contribution >= 0.6 is 0 Å². The molecule has 318 valence electrons. The second-order valence-corrected chi connectivity index (χ2v) is 25.2. The van der Waals surface area contributed by atoms with Gasteiger partial charge in [0.25, 0.3) is 0 Å². The first-order chi connectivity index (χ1) is 31.4. The normalized spacial score (nSPS) is 18.4. The average Bonchev–Trinajstić information content (AvgIpc) is 3.61. The minimum atomic E-state index is -1.47. The number of rotatable bonds is 8. The molecule has 0 amide bonds. The van der Waals surface area contributed by atoms with Crippen LogP contribution in [0, 0.1) is 0 Å². The van der Waals surface area contributed by atoms with E-state index >= 15 is 0 Å². The highest BCUT2D eigenvalue weighted by atomic mass is 28.3. The van der Waals surface area contributed by atoms with E-state index < -0.39 is 8.07 Å². The van der Waals surface area contributed by atoms with Crippen molar-refractivity contribution in [3.63, 3.8) is 0 Å². The molecule has 2 aliphatic heterocycles. The Balaban J connectivity index is 0.943. The van der Waals surface area contributed by atoms with Gasteiger partial charge in [0.2, 0.25) is 0 Å². The van der Waals surface area contributed by atoms with Crippen molar-refractivity contribution in [1.82, 2.24) is 4.90 Å². The highest BCUT2D eigenvalue weighted by Crippen LogP contribution is 2.56. The number of benzene rings is 8. The molecule has 65 heavy (non-hydrogen) atoms. The molecule has 0 spiro atoms. The molecule has 0 radical (unpaired) electrons. The fourth-order valence-corrected chi connectivity index (χ4v) is 11.8. The fraction of sp³-hybridized carbons (Fsp3) is 0.180. The van der Waals surface area contributed by atoms with Gasteiger partial charge in [-0.2, -0.15) is 0 Å². The Hall–Kier alpha value is -6.88. The lowest BCUT2D eigenvalue weighted by Crippen LogP contribution is -2.48. The molecule has 2 atom stereocenters. The van der Waals surface area contributed by atoms with Crippen LogP contribution in [0.1, 0.15) is 67.6 Å². The summed E-state index contributed by atoms with van der Waals surface area (Å²) in [6.45, 7) is 14.4. The van der Waals surface area contributed by atoms with Crippen LogP contribution in [-0.4, -0.2) is 24.6 Å². The van der Waals surface area contributed by atoms with Crippen molar-refractivity contribution < 1.29 is 0 Å². The van der Waals surface area contributed by atoms with E-state index in [2.05, 4.69) is 239 Å². The number of fused-ring (bicyclic) bond motifs is 3. The van der Waals surface area contributed by atoms with Crippen LogP contribution in [0.5, 0.6) is 0 Å². The molecule has 0 saturated heterocycles. The molecule has 2 unspecified atom stereocenters. The average molecular weight is 858 g/mol. The molecular weight excluding hydrogens is 803 g/mol. The molecule has 11 rings (SSSR count). The summed E-state index contributed by atoms with van der Waals surface area (Å²) in [5.74, 6) is 1.85. The molecule has 0 bridgehead atoms. The van der Waals surface area contributed by atoms with E-state index in [-0.39, 0.29) is 17.1 Å². The van der Waals surface area contributed by atoms with E-state index in [1.807, 2.05) is 0 Å². The maximum atomic E-state index is 5.62. The van der Waals surface area contributed by atoms with E-state index in [9.17, 15) is 0 Å². The topological polar surface area (TPSA) is 28.0 Å². The van der Waals surface area contributed by atoms with Crippen molar-refractivity contribution in [3.8, 4) is 55.6 Å². The van der Waals surface area contributed by atoms with Crippen LogP contribution in [0.2, 0.25) is 19.6 Å². The molecule has 1 aliphatic carbocycles. The molecule has 0 N–H and O–H groups in total. The zero-order valence-corrected chi connectivity index (χ0v) is 39.3. The van der Waals surface area contributed by atoms with Gasteiger partial charge >= 0.3 is 0 Å². The lowest BCUT2D eigenvalue weighted by Gasteiger charge is -2.48. The summed E-state index contributed by atoms with van der Waals surface area (Å²) in [6.07, 6.45) is 1.91. The van der Waals surface area contributed by atoms with Crippen molar-refractivity contribution in [2.24, 2.45) is 9.98 Å². The second-order valence-electron chi connectivity index (χ2n) is 20.2. The largest absolute Gasteiger partial charge is 0.320 e. The number of hydrogen-bond acceptors (Lipinski definition) is 3. The van der Waals surface area contributed by atoms with Gasteiger partial charge < -0.3 is 4.90 Å². The highest BCUT2D eigenvalue weighted by Gasteiger charge is 2.54. The molecule has 8 aromatic carbocycles. The Kier molecular flexibility index (Phi) is 9.85. The van der Waals surface area contributed by atoms with Gasteiger partial charge in [0.15, 0.2) is 12.0 Å². The van der Waals surface area contributed by atoms with Gasteiger partial charge in [-0.15, -0.1) is 0 Å². The first-order valence-electron chi connectivity index (χ1n) is 23.2. The molecule has 0 saturated carbocycles. The fourth-order valence-electron chi connectivity index (χ4n) is 10.6. The van der Waals surface area contributed by atoms with Crippen LogP contribution in [-0.2, 0) is 11.0 Å². The molecule has 0 aromatic heterocycles. The quantitative estimate of drug-likeness (QED) is 0.140. The van der Waals surface area contributed by atoms with Gasteiger partial charge in [-0.25, -0.2) is 9.98 Å². The monoisotopic (exact) mass is 857 g/mol. The van der Waals surface area contributed by atoms with Gasteiger partial charge in [-0.3, -0.25) is 0 Å². The third-order valence-corrected chi connectivity index (χ3v) is 16.4. The maximum Gasteiger partial charge on any atom is 0.159 e. The Morgan fingerprint density at radius 2 is 0.923 bits per heavy atom. The SMILES string of the molecule is CC1(C)CCC2(C)c3c(cccc31)C1=NC(c3ccc([Si](C)(C)C)cc3)=NC(c3cccc(-c4cccc(-c5cccc(-c6cccc(-c7cccc(-c8ccccc8)c7)c6)c5)c4)c3)N12. The van der Waals surface area contributed by atoms with Crippen molar-refractivity contribution in [3.05, 3.63) is 222 Å². The Morgan fingerprint density at radius 1 is 0.462 bits per heavy atom. The lowest BCUT2D eigenvalue weighted by atomic mass is 9.66. The molecule has 8 aromatic rings. The van der Waals surface area contributed by atoms with Crippen LogP contribution in [0.3, 0.4) is 0 Å². The van der Waals surface area contributed by atoms with Crippen molar-refractivity contribution in [1.29, 1.82) is 0 Å². The summed E-state index contributed by atoms with van der Waals surface area (Å²) in [5.41, 5.74) is 18.3. The zero-order chi connectivity index (χ0) is 44.5. The van der Waals surface area contributed by atoms with Gasteiger partial charge in [-0.1, -0.05) is 202 Å². The Bertz CT molecular complexity index is 3190. The van der Waals surface area contributed by atoms with E-state index in [0.717, 1.165) is 30.1 Å². The van der Waals surface area contributed by atoms with Gasteiger partial charge in [0.1, 0.15) is 5.84 Å². The second kappa shape index (κ2) is 15.7. The van der Waals surface area contributed by atoms with Crippen LogP contribution < -0.4 is 5.19 Å². The molecule has 2 heterocycles. The molecule has 4 heteroatoms. The van der Waals surface area contributed by atoms with E-state index in [1.165, 1.54) is 83.1 Å². The molecular formula is C61H55N3Si. The summed E-state index contributed by atoms with van der Waals surface area (Å²) < 4.78 is 0. The van der Waals surface area contributed by atoms with Gasteiger partial charge in [-0.05, 0) is 128 Å². The predicted octanol–water partition coefficient (Wildman–Crippen LogP) is 15.1. The molecule has 0 fully saturated rings. The summed E-state index contributed by atoms with van der Waals surface area (Å²) in [4.78, 5) is 13.7. The summed E-state index contributed by atoms with van der Waals surface area (Å²) >= 11 is 0. The minimum absolute atomic E-state index is 0.0930. The van der Waals surface area contributed by atoms with Crippen molar-refractivity contribution >= 4 is 24.9 Å². The van der Waals surface area contributed by atoms with Crippen LogP contribution in [0.4, 0.5) is 0 Å². The zero-order valence-electron chi connectivity index (χ0n) is 38.3. The third kappa shape index (κ3) is 7.31. The summed E-state index contributed by atoms with van der Waals surface area (Å²) in [5, 5.41) is 1.44. The Labute approximate surface area is 385 Å².